The lowest BCUT2D eigenvalue weighted by Gasteiger charge is -2.25. The van der Waals surface area contributed by atoms with Crippen LogP contribution in [0.25, 0.3) is 0 Å². The van der Waals surface area contributed by atoms with Crippen LogP contribution in [0.5, 0.6) is 0 Å². The van der Waals surface area contributed by atoms with Crippen molar-refractivity contribution in [2.45, 2.75) is 25.3 Å². The smallest absolute Gasteiger partial charge is 0.303 e. The third kappa shape index (κ3) is 4.38. The van der Waals surface area contributed by atoms with Crippen LogP contribution >= 0.6 is 15.9 Å². The number of aliphatic carboxylic acids is 1. The molecule has 0 saturated carbocycles. The minimum atomic E-state index is -0.817. The van der Waals surface area contributed by atoms with Gasteiger partial charge in [-0.15, -0.1) is 0 Å². The number of carbonyl (C=O) groups is 1. The SMILES string of the molecule is CN(C)C(CCCC(=O)O)c1cc(Br)ccc1F. The molecule has 1 N–H and O–H groups in total. The minimum Gasteiger partial charge on any atom is -0.481 e. The van der Waals surface area contributed by atoms with Crippen molar-refractivity contribution < 1.29 is 14.3 Å². The number of hydrogen-bond donors (Lipinski definition) is 1. The zero-order chi connectivity index (χ0) is 13.7. The minimum absolute atomic E-state index is 0.109. The van der Waals surface area contributed by atoms with Gasteiger partial charge in [-0.3, -0.25) is 4.79 Å². The van der Waals surface area contributed by atoms with Crippen LogP contribution in [0, 0.1) is 5.82 Å². The van der Waals surface area contributed by atoms with Crippen LogP contribution in [-0.4, -0.2) is 30.1 Å². The monoisotopic (exact) mass is 317 g/mol. The van der Waals surface area contributed by atoms with Crippen LogP contribution in [-0.2, 0) is 4.79 Å². The first kappa shape index (κ1) is 15.1. The second-order valence-electron chi connectivity index (χ2n) is 4.43. The molecule has 1 atom stereocenters. The fourth-order valence-electron chi connectivity index (χ4n) is 1.91. The quantitative estimate of drug-likeness (QED) is 0.873. The van der Waals surface area contributed by atoms with Crippen molar-refractivity contribution in [1.29, 1.82) is 0 Å². The zero-order valence-electron chi connectivity index (χ0n) is 10.5. The first-order chi connectivity index (χ1) is 8.41. The van der Waals surface area contributed by atoms with Crippen LogP contribution in [0.1, 0.15) is 30.9 Å². The molecule has 1 rings (SSSR count). The maximum Gasteiger partial charge on any atom is 0.303 e. The fourth-order valence-corrected chi connectivity index (χ4v) is 2.29. The molecule has 0 saturated heterocycles. The van der Waals surface area contributed by atoms with Gasteiger partial charge in [0.05, 0.1) is 0 Å². The Morgan fingerprint density at radius 3 is 2.72 bits per heavy atom. The average molecular weight is 318 g/mol. The third-order valence-electron chi connectivity index (χ3n) is 2.81. The lowest BCUT2D eigenvalue weighted by atomic mass is 9.99. The molecule has 0 aliphatic heterocycles. The third-order valence-corrected chi connectivity index (χ3v) is 3.30. The summed E-state index contributed by atoms with van der Waals surface area (Å²) >= 11 is 3.33. The van der Waals surface area contributed by atoms with Crippen LogP contribution in [0.3, 0.4) is 0 Å². The standard InChI is InChI=1S/C13H17BrFNO2/c1-16(2)12(4-3-5-13(17)18)10-8-9(14)6-7-11(10)15/h6-8,12H,3-5H2,1-2H3,(H,17,18). The summed E-state index contributed by atoms with van der Waals surface area (Å²) in [5.74, 6) is -1.07. The van der Waals surface area contributed by atoms with Crippen molar-refractivity contribution in [3.8, 4) is 0 Å². The number of rotatable bonds is 6. The van der Waals surface area contributed by atoms with Crippen LogP contribution in [0.4, 0.5) is 4.39 Å². The first-order valence-electron chi connectivity index (χ1n) is 5.75. The number of halogens is 2. The Labute approximate surface area is 115 Å². The summed E-state index contributed by atoms with van der Waals surface area (Å²) in [4.78, 5) is 12.4. The highest BCUT2D eigenvalue weighted by Gasteiger charge is 2.18. The van der Waals surface area contributed by atoms with Crippen molar-refractivity contribution in [1.82, 2.24) is 4.90 Å². The summed E-state index contributed by atoms with van der Waals surface area (Å²) < 4.78 is 14.6. The molecule has 0 fully saturated rings. The normalized spacial score (nSPS) is 12.7. The molecular weight excluding hydrogens is 301 g/mol. The average Bonchev–Trinajstić information content (AvgIpc) is 2.27. The summed E-state index contributed by atoms with van der Waals surface area (Å²) in [6.45, 7) is 0. The summed E-state index contributed by atoms with van der Waals surface area (Å²) in [7, 11) is 3.73. The molecule has 0 radical (unpaired) electrons. The predicted octanol–water partition coefficient (Wildman–Crippen LogP) is 3.45. The molecule has 0 spiro atoms. The van der Waals surface area contributed by atoms with Crippen molar-refractivity contribution in [3.05, 3.63) is 34.1 Å². The van der Waals surface area contributed by atoms with Crippen molar-refractivity contribution in [2.75, 3.05) is 14.1 Å². The maximum atomic E-state index is 13.8. The molecule has 0 aromatic heterocycles. The number of carboxylic acids is 1. The van der Waals surface area contributed by atoms with Gasteiger partial charge in [-0.1, -0.05) is 15.9 Å². The van der Waals surface area contributed by atoms with E-state index in [1.54, 1.807) is 12.1 Å². The second-order valence-corrected chi connectivity index (χ2v) is 5.35. The van der Waals surface area contributed by atoms with Gasteiger partial charge in [-0.05, 0) is 45.1 Å². The highest BCUT2D eigenvalue weighted by molar-refractivity contribution is 9.10. The largest absolute Gasteiger partial charge is 0.481 e. The number of carboxylic acid groups (broad SMARTS) is 1. The Kier molecular flexibility index (Phi) is 5.75. The van der Waals surface area contributed by atoms with Crippen LogP contribution in [0.15, 0.2) is 22.7 Å². The summed E-state index contributed by atoms with van der Waals surface area (Å²) in [6, 6.07) is 4.72. The summed E-state index contributed by atoms with van der Waals surface area (Å²) in [6.07, 6.45) is 1.26. The molecule has 0 bridgehead atoms. The Bertz CT molecular complexity index is 423. The molecule has 0 aliphatic rings. The molecule has 1 unspecified atom stereocenters. The molecule has 1 aromatic rings. The van der Waals surface area contributed by atoms with E-state index in [9.17, 15) is 9.18 Å². The molecule has 3 nitrogen and oxygen atoms in total. The molecule has 100 valence electrons. The lowest BCUT2D eigenvalue weighted by Crippen LogP contribution is -2.21. The van der Waals surface area contributed by atoms with Crippen LogP contribution in [0.2, 0.25) is 0 Å². The van der Waals surface area contributed by atoms with Gasteiger partial charge in [0.25, 0.3) is 0 Å². The lowest BCUT2D eigenvalue weighted by molar-refractivity contribution is -0.137. The van der Waals surface area contributed by atoms with E-state index in [0.717, 1.165) is 4.47 Å². The van der Waals surface area contributed by atoms with Gasteiger partial charge in [0.15, 0.2) is 0 Å². The Hall–Kier alpha value is -0.940. The van der Waals surface area contributed by atoms with Crippen molar-refractivity contribution >= 4 is 21.9 Å². The van der Waals surface area contributed by atoms with E-state index < -0.39 is 5.97 Å². The fraction of sp³-hybridized carbons (Fsp3) is 0.462. The molecule has 18 heavy (non-hydrogen) atoms. The van der Waals surface area contributed by atoms with E-state index >= 15 is 0 Å². The molecular formula is C13H17BrFNO2. The Balaban J connectivity index is 2.83. The molecule has 0 amide bonds. The number of benzene rings is 1. The van der Waals surface area contributed by atoms with Gasteiger partial charge in [0.2, 0.25) is 0 Å². The molecule has 0 aliphatic carbocycles. The Morgan fingerprint density at radius 2 is 2.17 bits per heavy atom. The van der Waals surface area contributed by atoms with Gasteiger partial charge < -0.3 is 10.0 Å². The Morgan fingerprint density at radius 1 is 1.50 bits per heavy atom. The van der Waals surface area contributed by atoms with Gasteiger partial charge in [-0.25, -0.2) is 4.39 Å². The molecule has 5 heteroatoms. The molecule has 0 heterocycles. The second kappa shape index (κ2) is 6.85. The first-order valence-corrected chi connectivity index (χ1v) is 6.54. The van der Waals surface area contributed by atoms with E-state index in [1.165, 1.54) is 6.07 Å². The molecule has 1 aromatic carbocycles. The predicted molar refractivity (Wildman–Crippen MR) is 72.0 cm³/mol. The van der Waals surface area contributed by atoms with E-state index in [-0.39, 0.29) is 18.3 Å². The van der Waals surface area contributed by atoms with Gasteiger partial charge in [0.1, 0.15) is 5.82 Å². The van der Waals surface area contributed by atoms with Crippen LogP contribution < -0.4 is 0 Å². The van der Waals surface area contributed by atoms with Gasteiger partial charge >= 0.3 is 5.97 Å². The number of hydrogen-bond acceptors (Lipinski definition) is 2. The van der Waals surface area contributed by atoms with Gasteiger partial charge in [-0.2, -0.15) is 0 Å². The zero-order valence-corrected chi connectivity index (χ0v) is 12.1. The maximum absolute atomic E-state index is 13.8. The van der Waals surface area contributed by atoms with E-state index in [4.69, 9.17) is 5.11 Å². The summed E-state index contributed by atoms with van der Waals surface area (Å²) in [5, 5.41) is 8.64. The van der Waals surface area contributed by atoms with Crippen molar-refractivity contribution in [2.24, 2.45) is 0 Å². The van der Waals surface area contributed by atoms with E-state index in [1.807, 2.05) is 19.0 Å². The highest BCUT2D eigenvalue weighted by Crippen LogP contribution is 2.28. The summed E-state index contributed by atoms with van der Waals surface area (Å²) in [5.41, 5.74) is 0.597. The van der Waals surface area contributed by atoms with E-state index in [2.05, 4.69) is 15.9 Å². The van der Waals surface area contributed by atoms with Gasteiger partial charge in [0, 0.05) is 22.5 Å². The highest BCUT2D eigenvalue weighted by atomic mass is 79.9. The van der Waals surface area contributed by atoms with E-state index in [0.29, 0.717) is 18.4 Å². The number of nitrogens with zero attached hydrogens (tertiary/aromatic N) is 1. The topological polar surface area (TPSA) is 40.5 Å². The van der Waals surface area contributed by atoms with Crippen molar-refractivity contribution in [3.63, 3.8) is 0 Å².